The number of carboxylic acid groups (broad SMARTS) is 1. The second kappa shape index (κ2) is 20.5. The van der Waals surface area contributed by atoms with E-state index in [0.717, 1.165) is 91.2 Å². The van der Waals surface area contributed by atoms with Crippen LogP contribution in [0.3, 0.4) is 0 Å². The van der Waals surface area contributed by atoms with E-state index in [1.54, 1.807) is 6.20 Å². The SMILES string of the molecule is CC(=O)O.Fc1ccc(CCn2cncc2-c2cccc3c2CNCC3)cc1.Fc1ccc(CCn2cncc2-c2cccc3ccncc23)cc1.[B].[H-].[Na+]. The topological polar surface area (TPSA) is 97.9 Å². The molecule has 0 saturated carbocycles. The van der Waals surface area contributed by atoms with Crippen LogP contribution in [0.4, 0.5) is 8.78 Å². The molecule has 0 unspecified atom stereocenters. The van der Waals surface area contributed by atoms with Crippen molar-refractivity contribution in [2.45, 2.75) is 45.8 Å². The second-order valence-electron chi connectivity index (χ2n) is 12.5. The number of hydrogen-bond donors (Lipinski definition) is 2. The van der Waals surface area contributed by atoms with Crippen LogP contribution in [-0.2, 0) is 43.7 Å². The van der Waals surface area contributed by atoms with E-state index in [0.29, 0.717) is 0 Å². The first-order valence-electron chi connectivity index (χ1n) is 17.2. The zero-order valence-electron chi connectivity index (χ0n) is 31.5. The summed E-state index contributed by atoms with van der Waals surface area (Å²) in [5.74, 6) is -1.23. The fourth-order valence-electron chi connectivity index (χ4n) is 6.34. The Morgan fingerprint density at radius 3 is 1.89 bits per heavy atom. The molecule has 0 saturated heterocycles. The molecule has 269 valence electrons. The van der Waals surface area contributed by atoms with Crippen molar-refractivity contribution in [1.29, 1.82) is 0 Å². The molecule has 0 fully saturated rings. The summed E-state index contributed by atoms with van der Waals surface area (Å²) in [6.07, 6.45) is 14.0. The number of fused-ring (bicyclic) bond motifs is 2. The first-order valence-corrected chi connectivity index (χ1v) is 17.2. The Balaban J connectivity index is 0.000000257. The molecule has 0 amide bonds. The molecule has 3 aromatic heterocycles. The minimum absolute atomic E-state index is 0. The summed E-state index contributed by atoms with van der Waals surface area (Å²) in [6, 6.07) is 28.2. The van der Waals surface area contributed by atoms with Gasteiger partial charge in [0.2, 0.25) is 0 Å². The van der Waals surface area contributed by atoms with Gasteiger partial charge >= 0.3 is 29.6 Å². The van der Waals surface area contributed by atoms with E-state index in [4.69, 9.17) is 9.90 Å². The van der Waals surface area contributed by atoms with Crippen LogP contribution in [0.2, 0.25) is 0 Å². The maximum absolute atomic E-state index is 13.0. The Kier molecular flexibility index (Phi) is 15.9. The van der Waals surface area contributed by atoms with Gasteiger partial charge in [0.05, 0.1) is 36.4 Å². The van der Waals surface area contributed by atoms with Crippen LogP contribution in [0, 0.1) is 11.6 Å². The normalized spacial score (nSPS) is 11.5. The van der Waals surface area contributed by atoms with Gasteiger partial charge in [0.1, 0.15) is 11.6 Å². The van der Waals surface area contributed by atoms with Crippen LogP contribution in [0.5, 0.6) is 0 Å². The number of pyridine rings is 1. The number of aromatic nitrogens is 5. The van der Waals surface area contributed by atoms with E-state index >= 15 is 0 Å². The van der Waals surface area contributed by atoms with Gasteiger partial charge < -0.3 is 21.0 Å². The summed E-state index contributed by atoms with van der Waals surface area (Å²) >= 11 is 0. The number of halogens is 2. The van der Waals surface area contributed by atoms with Crippen LogP contribution in [0.25, 0.3) is 33.3 Å². The number of nitrogens with one attached hydrogen (secondary N) is 1. The van der Waals surface area contributed by atoms with Crippen molar-refractivity contribution in [3.63, 3.8) is 0 Å². The molecule has 8 rings (SSSR count). The van der Waals surface area contributed by atoms with Crippen molar-refractivity contribution in [1.82, 2.24) is 29.4 Å². The number of rotatable bonds is 8. The fourth-order valence-corrected chi connectivity index (χ4v) is 6.34. The van der Waals surface area contributed by atoms with Gasteiger partial charge in [-0.05, 0) is 83.8 Å². The Bertz CT molecular complexity index is 2240. The molecule has 4 aromatic carbocycles. The number of aliphatic carboxylic acids is 1. The molecular formula is C42H41BF2N6NaO2. The predicted octanol–water partition coefficient (Wildman–Crippen LogP) is 4.88. The van der Waals surface area contributed by atoms with Crippen molar-refractivity contribution in [2.75, 3.05) is 6.54 Å². The van der Waals surface area contributed by atoms with Crippen molar-refractivity contribution in [2.24, 2.45) is 0 Å². The molecule has 12 heteroatoms. The minimum Gasteiger partial charge on any atom is -1.00 e. The van der Waals surface area contributed by atoms with Crippen LogP contribution in [0.1, 0.15) is 30.6 Å². The van der Waals surface area contributed by atoms with E-state index < -0.39 is 5.97 Å². The van der Waals surface area contributed by atoms with Crippen LogP contribution in [0.15, 0.2) is 128 Å². The number of carboxylic acids is 1. The van der Waals surface area contributed by atoms with Crippen LogP contribution >= 0.6 is 0 Å². The molecule has 0 aliphatic carbocycles. The quantitative estimate of drug-likeness (QED) is 0.216. The molecular weight excluding hydrogens is 692 g/mol. The number of carbonyl (C=O) groups is 1. The van der Waals surface area contributed by atoms with Crippen molar-refractivity contribution < 1.29 is 49.7 Å². The Hall–Kier alpha value is -4.94. The monoisotopic (exact) mass is 733 g/mol. The number of benzene rings is 4. The van der Waals surface area contributed by atoms with Crippen molar-refractivity contribution >= 4 is 25.2 Å². The molecule has 2 N–H and O–H groups in total. The molecule has 1 aliphatic rings. The summed E-state index contributed by atoms with van der Waals surface area (Å²) in [5, 5.41) is 13.2. The third-order valence-electron chi connectivity index (χ3n) is 8.92. The van der Waals surface area contributed by atoms with Gasteiger partial charge in [-0.1, -0.05) is 60.7 Å². The van der Waals surface area contributed by atoms with Gasteiger partial charge in [-0.2, -0.15) is 0 Å². The van der Waals surface area contributed by atoms with Gasteiger partial charge in [-0.3, -0.25) is 9.78 Å². The molecule has 0 bridgehead atoms. The molecule has 0 spiro atoms. The number of hydrogen-bond acceptors (Lipinski definition) is 5. The van der Waals surface area contributed by atoms with E-state index in [9.17, 15) is 8.78 Å². The Labute approximate surface area is 339 Å². The molecule has 3 radical (unpaired) electrons. The third kappa shape index (κ3) is 11.1. The average Bonchev–Trinajstić information content (AvgIpc) is 3.84. The van der Waals surface area contributed by atoms with Crippen molar-refractivity contribution in [3.8, 4) is 22.5 Å². The number of imidazole rings is 2. The molecule has 4 heterocycles. The molecule has 7 aromatic rings. The maximum atomic E-state index is 13.0. The zero-order chi connectivity index (χ0) is 36.3. The Morgan fingerprint density at radius 2 is 1.30 bits per heavy atom. The third-order valence-corrected chi connectivity index (χ3v) is 8.92. The van der Waals surface area contributed by atoms with E-state index in [1.165, 1.54) is 41.0 Å². The van der Waals surface area contributed by atoms with Gasteiger partial charge in [0, 0.05) is 63.9 Å². The van der Waals surface area contributed by atoms with Gasteiger partial charge in [-0.15, -0.1) is 0 Å². The van der Waals surface area contributed by atoms with Crippen LogP contribution < -0.4 is 34.9 Å². The summed E-state index contributed by atoms with van der Waals surface area (Å²) < 4.78 is 30.4. The molecule has 1 aliphatic heterocycles. The van der Waals surface area contributed by atoms with Crippen molar-refractivity contribution in [3.05, 3.63) is 162 Å². The minimum atomic E-state index is -0.833. The average molecular weight is 734 g/mol. The molecule has 0 atom stereocenters. The van der Waals surface area contributed by atoms with E-state index in [1.807, 2.05) is 61.6 Å². The standard InChI is InChI=1S/C20H20FN3.C20H16FN3.C2H4O2.B.Na.H/c2*21-17-6-4-15(5-7-17)9-11-24-14-23-13-20(24)18-3-1-2-16-8-10-22-12-19(16)18;1-2(3)4;;;/h1-7,13-14,22H,8-12H2;1-8,10,12-14H,9,11H2;1H3,(H,3,4);;;/q;;;;+1;-1. The predicted molar refractivity (Wildman–Crippen MR) is 206 cm³/mol. The van der Waals surface area contributed by atoms with Crippen LogP contribution in [-0.4, -0.2) is 50.1 Å². The summed E-state index contributed by atoms with van der Waals surface area (Å²) in [5.41, 5.74) is 9.65. The smallest absolute Gasteiger partial charge is 1.00 e. The number of nitrogens with zero attached hydrogens (tertiary/aromatic N) is 5. The fraction of sp³-hybridized carbons (Fsp3) is 0.190. The van der Waals surface area contributed by atoms with Gasteiger partial charge in [0.25, 0.3) is 5.97 Å². The van der Waals surface area contributed by atoms with E-state index in [2.05, 4.69) is 65.8 Å². The van der Waals surface area contributed by atoms with Gasteiger partial charge in [-0.25, -0.2) is 18.7 Å². The zero-order valence-corrected chi connectivity index (χ0v) is 32.5. The summed E-state index contributed by atoms with van der Waals surface area (Å²) in [6.45, 7) is 4.66. The Morgan fingerprint density at radius 1 is 0.759 bits per heavy atom. The molecule has 8 nitrogen and oxygen atoms in total. The summed E-state index contributed by atoms with van der Waals surface area (Å²) in [4.78, 5) is 21.9. The largest absolute Gasteiger partial charge is 1.00 e. The first-order chi connectivity index (χ1) is 25.4. The molecule has 54 heavy (non-hydrogen) atoms. The summed E-state index contributed by atoms with van der Waals surface area (Å²) in [7, 11) is 0. The number of aryl methyl sites for hydroxylation is 4. The first kappa shape index (κ1) is 41.8. The van der Waals surface area contributed by atoms with E-state index in [-0.39, 0.29) is 51.0 Å². The van der Waals surface area contributed by atoms with Gasteiger partial charge in [0.15, 0.2) is 0 Å². The second-order valence-corrected chi connectivity index (χ2v) is 12.5. The maximum Gasteiger partial charge on any atom is 1.00 e.